The van der Waals surface area contributed by atoms with Gasteiger partial charge in [-0.05, 0) is 70.0 Å². The average Bonchev–Trinajstić information content (AvgIpc) is 3.82. The molecule has 0 saturated carbocycles. The maximum atomic E-state index is 14.9. The molecular weight excluding hydrogens is 909 g/mol. The number of ether oxygens (including phenoxy) is 3. The number of benzene rings is 1. The molecule has 10 atom stereocenters. The number of hydrogen-bond donors (Lipinski definition) is 6. The number of carbonyl (C=O) groups excluding carboxylic acids is 5. The van der Waals surface area contributed by atoms with Gasteiger partial charge in [-0.2, -0.15) is 0 Å². The van der Waals surface area contributed by atoms with Gasteiger partial charge in [0, 0.05) is 86.9 Å². The lowest BCUT2D eigenvalue weighted by Crippen LogP contribution is -2.50. The molecule has 1 aromatic rings. The van der Waals surface area contributed by atoms with Gasteiger partial charge in [0.05, 0.1) is 41.0 Å². The maximum absolute atomic E-state index is 14.9. The summed E-state index contributed by atoms with van der Waals surface area (Å²) in [6.07, 6.45) is 7.32. The van der Waals surface area contributed by atoms with Crippen molar-refractivity contribution >= 4 is 35.1 Å². The van der Waals surface area contributed by atoms with Crippen molar-refractivity contribution in [1.29, 1.82) is 0 Å². The van der Waals surface area contributed by atoms with Crippen LogP contribution in [-0.2, 0) is 23.9 Å². The predicted octanol–water partition coefficient (Wildman–Crippen LogP) is 5.07. The van der Waals surface area contributed by atoms with Crippen molar-refractivity contribution in [3.8, 4) is 11.5 Å². The van der Waals surface area contributed by atoms with E-state index < -0.39 is 101 Å². The van der Waals surface area contributed by atoms with E-state index in [9.17, 15) is 39.3 Å². The van der Waals surface area contributed by atoms with Crippen molar-refractivity contribution in [2.24, 2.45) is 46.4 Å². The number of aliphatic imine (C=N–C) groups is 1. The van der Waals surface area contributed by atoms with Crippen LogP contribution < -0.4 is 20.7 Å². The normalized spacial score (nSPS) is 33.3. The summed E-state index contributed by atoms with van der Waals surface area (Å²) in [5.41, 5.74) is -0.225. The largest absolute Gasteiger partial charge is 0.507 e. The monoisotopic (exact) mass is 985 g/mol. The molecule has 17 nitrogen and oxygen atoms in total. The lowest BCUT2D eigenvalue weighted by atomic mass is 9.77. The molecule has 0 radical (unpaired) electrons. The van der Waals surface area contributed by atoms with Crippen LogP contribution >= 0.6 is 0 Å². The highest BCUT2D eigenvalue weighted by Crippen LogP contribution is 2.50. The van der Waals surface area contributed by atoms with Crippen molar-refractivity contribution < 1.29 is 53.5 Å². The van der Waals surface area contributed by atoms with Crippen molar-refractivity contribution in [3.05, 3.63) is 69.8 Å². The number of likely N-dealkylation sites (tertiary alicyclic amines) is 2. The molecule has 71 heavy (non-hydrogen) atoms. The number of esters is 1. The SMILES string of the molecule is C/C1=C/C=C/[C@H](C)[C@H](O)[C@@H](C)[C@@H](O)[C@@H](C)[C@H](OC(=O)CC(=O)NCC2CCCN(C)C2)[C@H](C)[C@@H](C)/C=C/O[C@@]2(C)Oc3c(C)c(O)c4c(c3C2=O)C2=NC3(CCN(CC(C)C)CC3)NC2=C(NC1=O)C4=O. The number of ketones is 2. The van der Waals surface area contributed by atoms with Gasteiger partial charge < -0.3 is 55.3 Å². The third kappa shape index (κ3) is 11.0. The molecule has 388 valence electrons. The van der Waals surface area contributed by atoms with Crippen LogP contribution in [0.4, 0.5) is 0 Å². The van der Waals surface area contributed by atoms with E-state index in [2.05, 4.69) is 39.6 Å². The Morgan fingerprint density at radius 3 is 2.32 bits per heavy atom. The van der Waals surface area contributed by atoms with Gasteiger partial charge in [0.25, 0.3) is 11.7 Å². The topological polar surface area (TPSA) is 229 Å². The van der Waals surface area contributed by atoms with Crippen LogP contribution in [0.2, 0.25) is 0 Å². The maximum Gasteiger partial charge on any atom is 0.315 e. The molecule has 5 bridgehead atoms. The van der Waals surface area contributed by atoms with E-state index in [4.69, 9.17) is 19.2 Å². The quantitative estimate of drug-likeness (QED) is 0.155. The first kappa shape index (κ1) is 53.4. The second-order valence-corrected chi connectivity index (χ2v) is 21.8. The molecule has 6 aliphatic heterocycles. The minimum absolute atomic E-state index is 0.0182. The minimum atomic E-state index is -1.97. The van der Waals surface area contributed by atoms with Gasteiger partial charge >= 0.3 is 11.8 Å². The second kappa shape index (κ2) is 21.4. The third-order valence-corrected chi connectivity index (χ3v) is 15.7. The Labute approximate surface area is 418 Å². The number of Topliss-reactive ketones (excluding diaryl/α,β-unsaturated/α-hetero) is 2. The lowest BCUT2D eigenvalue weighted by molar-refractivity contribution is -0.162. The number of phenolic OH excluding ortho intramolecular Hbond substituents is 1. The molecule has 2 fully saturated rings. The number of aliphatic hydroxyl groups is 2. The molecule has 17 heteroatoms. The summed E-state index contributed by atoms with van der Waals surface area (Å²) in [6, 6.07) is 0. The molecule has 6 N–H and O–H groups in total. The highest BCUT2D eigenvalue weighted by atomic mass is 16.7. The van der Waals surface area contributed by atoms with E-state index in [1.165, 1.54) is 13.2 Å². The van der Waals surface area contributed by atoms with Crippen molar-refractivity contribution in [2.45, 2.75) is 131 Å². The van der Waals surface area contributed by atoms with Gasteiger partial charge in [0.2, 0.25) is 11.7 Å². The van der Waals surface area contributed by atoms with Crippen LogP contribution in [0.5, 0.6) is 11.5 Å². The number of aliphatic hydroxyl groups excluding tert-OH is 2. The van der Waals surface area contributed by atoms with Gasteiger partial charge in [-0.1, -0.05) is 66.7 Å². The number of rotatable bonds is 7. The summed E-state index contributed by atoms with van der Waals surface area (Å²) >= 11 is 0. The molecule has 6 heterocycles. The standard InChI is InChI=1S/C54H76N6O11/c1-28(2)26-60-21-18-54(19-22-60)57-42-39-40-47(65)35(9)50-41(39)51(67)53(10,71-50)69-23-17-29(3)32(6)49(70-38(62)24-37(61)55-25-36-16-13-20-59(11)27-36)34(8)46(64)33(7)45(63)30(4)14-12-15-31(5)52(68)56-44(48(40)66)43(42)58-54/h12,14-15,17,23,28-30,32-34,36,45-46,49,58,63-65H,13,16,18-22,24-27H2,1-11H3,(H,55,61)(H,56,68)/b14-12+,23-17+,31-15-/t29-,30-,32+,33+,34+,36?,45-,46+,49+,53-/m0/s1. The van der Waals surface area contributed by atoms with Gasteiger partial charge in [-0.15, -0.1) is 0 Å². The van der Waals surface area contributed by atoms with E-state index in [0.29, 0.717) is 38.4 Å². The highest BCUT2D eigenvalue weighted by Gasteiger charge is 2.54. The summed E-state index contributed by atoms with van der Waals surface area (Å²) < 4.78 is 18.6. The number of fused-ring (bicyclic) bond motifs is 13. The van der Waals surface area contributed by atoms with Gasteiger partial charge in [0.15, 0.2) is 0 Å². The Bertz CT molecular complexity index is 2430. The Morgan fingerprint density at radius 1 is 0.944 bits per heavy atom. The van der Waals surface area contributed by atoms with Crippen molar-refractivity contribution in [1.82, 2.24) is 25.8 Å². The van der Waals surface area contributed by atoms with E-state index >= 15 is 0 Å². The molecule has 0 aromatic heterocycles. The van der Waals surface area contributed by atoms with E-state index in [-0.39, 0.29) is 56.6 Å². The molecular formula is C54H76N6O11. The zero-order valence-corrected chi connectivity index (χ0v) is 43.4. The van der Waals surface area contributed by atoms with Crippen LogP contribution in [0, 0.1) is 48.3 Å². The number of piperidine rings is 2. The van der Waals surface area contributed by atoms with Gasteiger partial charge in [-0.25, -0.2) is 0 Å². The number of nitrogens with one attached hydrogen (secondary N) is 3. The number of nitrogens with zero attached hydrogens (tertiary/aromatic N) is 3. The number of allylic oxidation sites excluding steroid dienone is 5. The summed E-state index contributed by atoms with van der Waals surface area (Å²) in [6.45, 7) is 22.5. The van der Waals surface area contributed by atoms with E-state index in [1.54, 1.807) is 58.9 Å². The van der Waals surface area contributed by atoms with Crippen LogP contribution in [0.1, 0.15) is 126 Å². The second-order valence-electron chi connectivity index (χ2n) is 21.8. The summed E-state index contributed by atoms with van der Waals surface area (Å²) in [4.78, 5) is 80.2. The molecule has 1 unspecified atom stereocenters. The van der Waals surface area contributed by atoms with Crippen LogP contribution in [0.25, 0.3) is 0 Å². The number of amides is 2. The number of aromatic hydroxyl groups is 1. The summed E-state index contributed by atoms with van der Waals surface area (Å²) in [5, 5.41) is 44.6. The zero-order valence-electron chi connectivity index (χ0n) is 43.4. The van der Waals surface area contributed by atoms with Crippen molar-refractivity contribution in [2.75, 3.05) is 46.3 Å². The Balaban J connectivity index is 1.24. The fourth-order valence-corrected chi connectivity index (χ4v) is 11.0. The predicted molar refractivity (Wildman–Crippen MR) is 267 cm³/mol. The fourth-order valence-electron chi connectivity index (χ4n) is 11.0. The number of phenols is 1. The first-order valence-corrected chi connectivity index (χ1v) is 25.5. The van der Waals surface area contributed by atoms with Gasteiger partial charge in [-0.3, -0.25) is 29.0 Å². The van der Waals surface area contributed by atoms with E-state index in [1.807, 2.05) is 20.9 Å². The lowest BCUT2D eigenvalue weighted by Gasteiger charge is -2.38. The Morgan fingerprint density at radius 2 is 1.65 bits per heavy atom. The fraction of sp³-hybridized carbons (Fsp3) is 0.630. The first-order chi connectivity index (χ1) is 33.5. The Kier molecular flexibility index (Phi) is 16.1. The van der Waals surface area contributed by atoms with E-state index in [0.717, 1.165) is 32.5 Å². The van der Waals surface area contributed by atoms with Crippen LogP contribution in [0.15, 0.2) is 52.5 Å². The highest BCUT2D eigenvalue weighted by molar-refractivity contribution is 6.34. The molecule has 2 saturated heterocycles. The van der Waals surface area contributed by atoms with Crippen LogP contribution in [0.3, 0.4) is 0 Å². The molecule has 2 amide bonds. The molecule has 7 aliphatic rings. The molecule has 8 rings (SSSR count). The molecule has 1 spiro atoms. The third-order valence-electron chi connectivity index (χ3n) is 15.7. The first-order valence-electron chi connectivity index (χ1n) is 25.5. The Hall–Kier alpha value is -5.36. The minimum Gasteiger partial charge on any atom is -0.507 e. The average molecular weight is 985 g/mol. The zero-order chi connectivity index (χ0) is 51.9. The smallest absolute Gasteiger partial charge is 0.315 e. The number of carbonyl (C=O) groups is 5. The molecule has 1 aromatic carbocycles. The molecule has 1 aliphatic carbocycles. The van der Waals surface area contributed by atoms with Crippen LogP contribution in [-0.4, -0.2) is 136 Å². The summed E-state index contributed by atoms with van der Waals surface area (Å²) in [7, 11) is 2.04. The van der Waals surface area contributed by atoms with Crippen molar-refractivity contribution in [3.63, 3.8) is 0 Å². The summed E-state index contributed by atoms with van der Waals surface area (Å²) in [5.74, 6) is -7.71. The number of hydrogen-bond acceptors (Lipinski definition) is 15. The van der Waals surface area contributed by atoms with Gasteiger partial charge in [0.1, 0.15) is 35.4 Å².